The van der Waals surface area contributed by atoms with Gasteiger partial charge >= 0.3 is 0 Å². The van der Waals surface area contributed by atoms with Crippen molar-refractivity contribution in [2.45, 2.75) is 80.7 Å². The highest BCUT2D eigenvalue weighted by molar-refractivity contribution is 5.22. The minimum Gasteiger partial charge on any atom is -0.388 e. The third kappa shape index (κ3) is 12.6. The first-order valence-corrected chi connectivity index (χ1v) is 8.81. The van der Waals surface area contributed by atoms with Gasteiger partial charge in [-0.3, -0.25) is 4.98 Å². The maximum absolute atomic E-state index is 4.32. The summed E-state index contributed by atoms with van der Waals surface area (Å²) < 4.78 is 0. The highest BCUT2D eigenvalue weighted by Crippen LogP contribution is 2.12. The van der Waals surface area contributed by atoms with Gasteiger partial charge in [0, 0.05) is 17.9 Å². The maximum Gasteiger partial charge on any atom is 0.0401 e. The molecule has 0 atom stereocenters. The van der Waals surface area contributed by atoms with Gasteiger partial charge in [0.1, 0.15) is 0 Å². The predicted molar refractivity (Wildman–Crippen MR) is 106 cm³/mol. The summed E-state index contributed by atoms with van der Waals surface area (Å²) in [5.74, 6) is 0.591. The minimum absolute atomic E-state index is 0.509. The van der Waals surface area contributed by atoms with E-state index in [-0.39, 0.29) is 0 Å². The lowest BCUT2D eigenvalue weighted by atomic mass is 10.1. The first kappa shape index (κ1) is 23.7. The fourth-order valence-electron chi connectivity index (χ4n) is 1.40. The molecule has 0 amide bonds. The molecule has 0 spiro atoms. The molecular weight excluding hydrogens is 280 g/mol. The first-order valence-electron chi connectivity index (χ1n) is 8.81. The number of nitrogens with zero attached hydrogens (tertiary/aromatic N) is 1. The largest absolute Gasteiger partial charge is 0.388 e. The fraction of sp³-hybridized carbons (Fsp3) is 0.571. The highest BCUT2D eigenvalue weighted by atomic mass is 14.9. The van der Waals surface area contributed by atoms with Crippen LogP contribution in [0.5, 0.6) is 0 Å². The zero-order valence-corrected chi connectivity index (χ0v) is 16.8. The number of hydrogen-bond donors (Lipinski definition) is 1. The first-order chi connectivity index (χ1) is 10.8. The Labute approximate surface area is 145 Å². The molecule has 1 rings (SSSR count). The summed E-state index contributed by atoms with van der Waals surface area (Å²) in [6.07, 6.45) is 5.01. The topological polar surface area (TPSA) is 24.9 Å². The molecule has 1 N–H and O–H groups in total. The molecule has 0 aliphatic heterocycles. The van der Waals surface area contributed by atoms with E-state index in [1.54, 1.807) is 0 Å². The van der Waals surface area contributed by atoms with Gasteiger partial charge in [-0.15, -0.1) is 0 Å². The summed E-state index contributed by atoms with van der Waals surface area (Å²) in [5.41, 5.74) is 4.83. The molecule has 2 heteroatoms. The van der Waals surface area contributed by atoms with Crippen LogP contribution in [0.15, 0.2) is 42.3 Å². The van der Waals surface area contributed by atoms with Crippen LogP contribution in [0.3, 0.4) is 0 Å². The zero-order chi connectivity index (χ0) is 18.4. The van der Waals surface area contributed by atoms with Crippen LogP contribution < -0.4 is 5.32 Å². The molecule has 23 heavy (non-hydrogen) atoms. The van der Waals surface area contributed by atoms with Gasteiger partial charge in [-0.25, -0.2) is 0 Å². The van der Waals surface area contributed by atoms with Crippen LogP contribution in [0, 0.1) is 0 Å². The van der Waals surface area contributed by atoms with Gasteiger partial charge in [0.15, 0.2) is 0 Å². The van der Waals surface area contributed by atoms with Crippen molar-refractivity contribution in [1.29, 1.82) is 0 Å². The van der Waals surface area contributed by atoms with Gasteiger partial charge in [-0.1, -0.05) is 52.8 Å². The third-order valence-corrected chi connectivity index (χ3v) is 3.18. The van der Waals surface area contributed by atoms with Crippen LogP contribution in [-0.4, -0.2) is 11.0 Å². The van der Waals surface area contributed by atoms with Gasteiger partial charge in [0.05, 0.1) is 0 Å². The smallest absolute Gasteiger partial charge is 0.0401 e. The van der Waals surface area contributed by atoms with Crippen molar-refractivity contribution in [2.24, 2.45) is 0 Å². The van der Waals surface area contributed by atoms with E-state index in [1.807, 2.05) is 33.2 Å². The van der Waals surface area contributed by atoms with E-state index >= 15 is 0 Å². The van der Waals surface area contributed by atoms with Crippen LogP contribution in [0.25, 0.3) is 0 Å². The molecule has 0 unspecified atom stereocenters. The van der Waals surface area contributed by atoms with E-state index in [9.17, 15) is 0 Å². The number of allylic oxidation sites excluding steroid dienone is 2. The average molecular weight is 319 g/mol. The molecule has 1 aromatic rings. The maximum atomic E-state index is 4.32. The number of aryl methyl sites for hydroxylation is 1. The Morgan fingerprint density at radius 3 is 2.04 bits per heavy atom. The number of pyridine rings is 1. The van der Waals surface area contributed by atoms with Gasteiger partial charge in [-0.2, -0.15) is 0 Å². The Morgan fingerprint density at radius 2 is 1.74 bits per heavy atom. The summed E-state index contributed by atoms with van der Waals surface area (Å²) in [5, 5.41) is 3.20. The quantitative estimate of drug-likeness (QED) is 0.648. The lowest BCUT2D eigenvalue weighted by molar-refractivity contribution is 0.699. The van der Waals surface area contributed by atoms with E-state index in [2.05, 4.69) is 70.6 Å². The van der Waals surface area contributed by atoms with Crippen LogP contribution in [-0.2, 0) is 6.42 Å². The van der Waals surface area contributed by atoms with Crippen molar-refractivity contribution < 1.29 is 0 Å². The molecular formula is C21H38N2. The monoisotopic (exact) mass is 318 g/mol. The van der Waals surface area contributed by atoms with Crippen molar-refractivity contribution in [1.82, 2.24) is 10.3 Å². The molecule has 132 valence electrons. The second kappa shape index (κ2) is 14.0. The zero-order valence-electron chi connectivity index (χ0n) is 16.8. The molecule has 0 aliphatic rings. The molecule has 0 saturated carbocycles. The number of rotatable bonds is 5. The molecule has 0 bridgehead atoms. The van der Waals surface area contributed by atoms with Crippen LogP contribution in [0.2, 0.25) is 0 Å². The number of nitrogens with one attached hydrogen (secondary N) is 1. The Morgan fingerprint density at radius 1 is 1.17 bits per heavy atom. The van der Waals surface area contributed by atoms with Crippen molar-refractivity contribution in [2.75, 3.05) is 0 Å². The Bertz CT molecular complexity index is 439. The Kier molecular flexibility index (Phi) is 14.5. The fourth-order valence-corrected chi connectivity index (χ4v) is 1.40. The summed E-state index contributed by atoms with van der Waals surface area (Å²) >= 11 is 0. The molecule has 0 aromatic carbocycles. The molecule has 0 radical (unpaired) electrons. The number of hydrogen-bond acceptors (Lipinski definition) is 2. The molecule has 1 aromatic heterocycles. The van der Waals surface area contributed by atoms with E-state index in [0.29, 0.717) is 12.0 Å². The standard InChI is InChI=1S/C10H15N.C9H17N.C2H6/c1-4-10-6-5-9(7-11-10)8(2)3;1-7(2)9(5)6-10-8(3)4;1-2/h5-8H,4H2,1-3H3;6,8,10H,1H2,2-5H3;1-2H3/b;9-6-;. The Hall–Kier alpha value is -1.57. The van der Waals surface area contributed by atoms with Gasteiger partial charge in [0.25, 0.3) is 0 Å². The molecule has 0 fully saturated rings. The minimum atomic E-state index is 0.509. The average Bonchev–Trinajstić information content (AvgIpc) is 2.54. The lowest BCUT2D eigenvalue weighted by Gasteiger charge is -2.05. The van der Waals surface area contributed by atoms with Crippen LogP contribution in [0.4, 0.5) is 0 Å². The van der Waals surface area contributed by atoms with Crippen LogP contribution >= 0.6 is 0 Å². The van der Waals surface area contributed by atoms with Gasteiger partial charge in [0.2, 0.25) is 0 Å². The highest BCUT2D eigenvalue weighted by Gasteiger charge is 1.97. The summed E-state index contributed by atoms with van der Waals surface area (Å²) in [4.78, 5) is 4.32. The number of aromatic nitrogens is 1. The van der Waals surface area contributed by atoms with E-state index in [0.717, 1.165) is 12.0 Å². The lowest BCUT2D eigenvalue weighted by Crippen LogP contribution is -2.15. The van der Waals surface area contributed by atoms with Crippen molar-refractivity contribution in [3.8, 4) is 0 Å². The van der Waals surface area contributed by atoms with Crippen molar-refractivity contribution >= 4 is 0 Å². The third-order valence-electron chi connectivity index (χ3n) is 3.18. The van der Waals surface area contributed by atoms with E-state index in [1.165, 1.54) is 16.8 Å². The van der Waals surface area contributed by atoms with Crippen molar-refractivity contribution in [3.63, 3.8) is 0 Å². The summed E-state index contributed by atoms with van der Waals surface area (Å²) in [6, 6.07) is 4.78. The van der Waals surface area contributed by atoms with Crippen LogP contribution in [0.1, 0.15) is 79.5 Å². The van der Waals surface area contributed by atoms with Gasteiger partial charge < -0.3 is 5.32 Å². The predicted octanol–water partition coefficient (Wildman–Crippen LogP) is 6.26. The summed E-state index contributed by atoms with van der Waals surface area (Å²) in [7, 11) is 0. The molecule has 1 heterocycles. The second-order valence-corrected chi connectivity index (χ2v) is 6.02. The van der Waals surface area contributed by atoms with Gasteiger partial charge in [-0.05, 0) is 63.4 Å². The molecule has 2 nitrogen and oxygen atoms in total. The molecule has 0 aliphatic carbocycles. The van der Waals surface area contributed by atoms with E-state index < -0.39 is 0 Å². The second-order valence-electron chi connectivity index (χ2n) is 6.02. The van der Waals surface area contributed by atoms with Crippen molar-refractivity contribution in [3.05, 3.63) is 53.5 Å². The normalized spacial score (nSPS) is 10.5. The summed E-state index contributed by atoms with van der Waals surface area (Å²) in [6.45, 7) is 22.6. The SMILES string of the molecule is C=C(C)/C(C)=C\NC(C)C.CC.CCc1ccc(C(C)C)cn1. The Balaban J connectivity index is 0. The molecule has 0 saturated heterocycles. The van der Waals surface area contributed by atoms with E-state index in [4.69, 9.17) is 0 Å².